The van der Waals surface area contributed by atoms with E-state index in [1.807, 2.05) is 0 Å². The average Bonchev–Trinajstić information content (AvgIpc) is 2.47. The van der Waals surface area contributed by atoms with Gasteiger partial charge in [-0.25, -0.2) is 0 Å². The molecule has 3 nitrogen and oxygen atoms in total. The van der Waals surface area contributed by atoms with Crippen LogP contribution in [-0.2, 0) is 0 Å². The van der Waals surface area contributed by atoms with Crippen LogP contribution >= 0.6 is 0 Å². The van der Waals surface area contributed by atoms with Gasteiger partial charge in [0.05, 0.1) is 0 Å². The Labute approximate surface area is 130 Å². The molecule has 1 N–H and O–H groups in total. The van der Waals surface area contributed by atoms with Crippen LogP contribution in [0.5, 0.6) is 0 Å². The average molecular weight is 289 g/mol. The molecule has 0 aliphatic carbocycles. The van der Waals surface area contributed by atoms with Crippen molar-refractivity contribution in [2.24, 2.45) is 0 Å². The van der Waals surface area contributed by atoms with Crippen LogP contribution in [0.3, 0.4) is 0 Å². The number of benzene rings is 1. The van der Waals surface area contributed by atoms with Crippen molar-refractivity contribution >= 4 is 5.69 Å². The number of likely N-dealkylation sites (N-methyl/N-ethyl adjacent to an activating group) is 1. The molecule has 0 bridgehead atoms. The highest BCUT2D eigenvalue weighted by molar-refractivity contribution is 5.55. The van der Waals surface area contributed by atoms with Crippen molar-refractivity contribution in [1.82, 2.24) is 10.2 Å². The van der Waals surface area contributed by atoms with Gasteiger partial charge in [-0.1, -0.05) is 25.1 Å². The molecule has 0 aromatic heterocycles. The molecule has 118 valence electrons. The SMILES string of the molecule is CCCNC(C)c1ccccc1N1CCN(C)C(C)(C)C1. The van der Waals surface area contributed by atoms with Crippen molar-refractivity contribution in [2.45, 2.75) is 45.7 Å². The van der Waals surface area contributed by atoms with Gasteiger partial charge in [0.15, 0.2) is 0 Å². The molecule has 1 aromatic rings. The Morgan fingerprint density at radius 1 is 1.24 bits per heavy atom. The summed E-state index contributed by atoms with van der Waals surface area (Å²) in [6, 6.07) is 9.28. The summed E-state index contributed by atoms with van der Waals surface area (Å²) in [7, 11) is 2.23. The molecule has 2 rings (SSSR count). The molecule has 3 heteroatoms. The number of para-hydroxylation sites is 1. The van der Waals surface area contributed by atoms with Gasteiger partial charge in [-0.3, -0.25) is 4.90 Å². The second-order valence-corrected chi connectivity index (χ2v) is 6.89. The minimum absolute atomic E-state index is 0.228. The smallest absolute Gasteiger partial charge is 0.0415 e. The fourth-order valence-corrected chi connectivity index (χ4v) is 3.06. The van der Waals surface area contributed by atoms with E-state index < -0.39 is 0 Å². The molecular weight excluding hydrogens is 258 g/mol. The summed E-state index contributed by atoms with van der Waals surface area (Å²) in [6.07, 6.45) is 1.17. The minimum Gasteiger partial charge on any atom is -0.368 e. The first kappa shape index (κ1) is 16.3. The number of piperazine rings is 1. The summed E-state index contributed by atoms with van der Waals surface area (Å²) in [6.45, 7) is 13.5. The Morgan fingerprint density at radius 3 is 2.62 bits per heavy atom. The molecule has 1 aliphatic heterocycles. The van der Waals surface area contributed by atoms with Crippen LogP contribution in [0, 0.1) is 0 Å². The minimum atomic E-state index is 0.228. The molecule has 1 aliphatic rings. The number of hydrogen-bond acceptors (Lipinski definition) is 3. The molecule has 21 heavy (non-hydrogen) atoms. The first-order valence-corrected chi connectivity index (χ1v) is 8.24. The van der Waals surface area contributed by atoms with Gasteiger partial charge >= 0.3 is 0 Å². The van der Waals surface area contributed by atoms with Gasteiger partial charge in [-0.05, 0) is 52.4 Å². The van der Waals surface area contributed by atoms with Crippen LogP contribution in [0.2, 0.25) is 0 Å². The normalized spacial score (nSPS) is 20.5. The van der Waals surface area contributed by atoms with E-state index in [0.717, 1.165) is 26.2 Å². The monoisotopic (exact) mass is 289 g/mol. The summed E-state index contributed by atoms with van der Waals surface area (Å²) in [5.41, 5.74) is 3.05. The summed E-state index contributed by atoms with van der Waals surface area (Å²) in [5.74, 6) is 0. The third kappa shape index (κ3) is 3.78. The number of anilines is 1. The maximum Gasteiger partial charge on any atom is 0.0415 e. The first-order chi connectivity index (χ1) is 9.95. The Morgan fingerprint density at radius 2 is 1.95 bits per heavy atom. The number of rotatable bonds is 5. The topological polar surface area (TPSA) is 18.5 Å². The van der Waals surface area contributed by atoms with Gasteiger partial charge in [-0.15, -0.1) is 0 Å². The van der Waals surface area contributed by atoms with Crippen LogP contribution < -0.4 is 10.2 Å². The summed E-state index contributed by atoms with van der Waals surface area (Å²) in [4.78, 5) is 5.02. The Balaban J connectivity index is 2.20. The van der Waals surface area contributed by atoms with Gasteiger partial charge in [0.25, 0.3) is 0 Å². The highest BCUT2D eigenvalue weighted by Crippen LogP contribution is 2.30. The van der Waals surface area contributed by atoms with Crippen molar-refractivity contribution in [3.63, 3.8) is 0 Å². The lowest BCUT2D eigenvalue weighted by Crippen LogP contribution is -2.58. The van der Waals surface area contributed by atoms with E-state index in [2.05, 4.69) is 74.1 Å². The van der Waals surface area contributed by atoms with E-state index in [-0.39, 0.29) is 5.54 Å². The van der Waals surface area contributed by atoms with Crippen LogP contribution in [0.4, 0.5) is 5.69 Å². The van der Waals surface area contributed by atoms with E-state index in [1.54, 1.807) is 0 Å². The molecule has 1 unspecified atom stereocenters. The van der Waals surface area contributed by atoms with Crippen molar-refractivity contribution in [3.05, 3.63) is 29.8 Å². The van der Waals surface area contributed by atoms with Crippen molar-refractivity contribution < 1.29 is 0 Å². The van der Waals surface area contributed by atoms with Gasteiger partial charge < -0.3 is 10.2 Å². The predicted molar refractivity (Wildman–Crippen MR) is 92.1 cm³/mol. The fourth-order valence-electron chi connectivity index (χ4n) is 3.06. The maximum absolute atomic E-state index is 3.62. The van der Waals surface area contributed by atoms with Crippen molar-refractivity contribution in [1.29, 1.82) is 0 Å². The molecule has 1 heterocycles. The largest absolute Gasteiger partial charge is 0.368 e. The van der Waals surface area contributed by atoms with Gasteiger partial charge in [0.2, 0.25) is 0 Å². The van der Waals surface area contributed by atoms with Crippen LogP contribution in [0.15, 0.2) is 24.3 Å². The Bertz CT molecular complexity index is 456. The van der Waals surface area contributed by atoms with E-state index in [0.29, 0.717) is 6.04 Å². The third-order valence-electron chi connectivity index (χ3n) is 4.76. The second-order valence-electron chi connectivity index (χ2n) is 6.89. The molecule has 0 saturated carbocycles. The lowest BCUT2D eigenvalue weighted by atomic mass is 9.97. The van der Waals surface area contributed by atoms with Crippen molar-refractivity contribution in [3.8, 4) is 0 Å². The Kier molecular flexibility index (Phi) is 5.28. The van der Waals surface area contributed by atoms with E-state index in [9.17, 15) is 0 Å². The molecule has 1 aromatic carbocycles. The maximum atomic E-state index is 3.62. The molecule has 1 atom stereocenters. The first-order valence-electron chi connectivity index (χ1n) is 8.24. The molecule has 0 spiro atoms. The zero-order valence-electron chi connectivity index (χ0n) is 14.3. The lowest BCUT2D eigenvalue weighted by molar-refractivity contribution is 0.138. The number of hydrogen-bond donors (Lipinski definition) is 1. The zero-order valence-corrected chi connectivity index (χ0v) is 14.3. The second kappa shape index (κ2) is 6.80. The molecule has 1 fully saturated rings. The third-order valence-corrected chi connectivity index (χ3v) is 4.76. The quantitative estimate of drug-likeness (QED) is 0.897. The molecule has 0 amide bonds. The van der Waals surface area contributed by atoms with Crippen LogP contribution in [0.25, 0.3) is 0 Å². The van der Waals surface area contributed by atoms with Crippen LogP contribution in [0.1, 0.15) is 45.7 Å². The Hall–Kier alpha value is -1.06. The summed E-state index contributed by atoms with van der Waals surface area (Å²) in [5, 5.41) is 3.62. The van der Waals surface area contributed by atoms with Gasteiger partial charge in [-0.2, -0.15) is 0 Å². The van der Waals surface area contributed by atoms with Crippen molar-refractivity contribution in [2.75, 3.05) is 38.1 Å². The predicted octanol–water partition coefficient (Wildman–Crippen LogP) is 3.28. The highest BCUT2D eigenvalue weighted by atomic mass is 15.3. The standard InChI is InChI=1S/C18H31N3/c1-6-11-19-15(2)16-9-7-8-10-17(16)21-13-12-20(5)18(3,4)14-21/h7-10,15,19H,6,11-14H2,1-5H3. The lowest BCUT2D eigenvalue weighted by Gasteiger charge is -2.47. The van der Waals surface area contributed by atoms with E-state index in [1.165, 1.54) is 17.7 Å². The van der Waals surface area contributed by atoms with Gasteiger partial charge in [0, 0.05) is 36.9 Å². The van der Waals surface area contributed by atoms with E-state index in [4.69, 9.17) is 0 Å². The van der Waals surface area contributed by atoms with Gasteiger partial charge in [0.1, 0.15) is 0 Å². The molecule has 0 radical (unpaired) electrons. The van der Waals surface area contributed by atoms with Crippen LogP contribution in [-0.4, -0.2) is 43.7 Å². The molecule has 1 saturated heterocycles. The fraction of sp³-hybridized carbons (Fsp3) is 0.667. The number of nitrogens with zero attached hydrogens (tertiary/aromatic N) is 2. The van der Waals surface area contributed by atoms with E-state index >= 15 is 0 Å². The summed E-state index contributed by atoms with van der Waals surface area (Å²) < 4.78 is 0. The zero-order chi connectivity index (χ0) is 15.5. The molecular formula is C18H31N3. The highest BCUT2D eigenvalue weighted by Gasteiger charge is 2.32. The summed E-state index contributed by atoms with van der Waals surface area (Å²) >= 11 is 0. The number of nitrogens with one attached hydrogen (secondary N) is 1.